The van der Waals surface area contributed by atoms with Gasteiger partial charge in [-0.3, -0.25) is 4.79 Å². The lowest BCUT2D eigenvalue weighted by Gasteiger charge is -2.23. The second-order valence-corrected chi connectivity index (χ2v) is 6.20. The third-order valence-electron chi connectivity index (χ3n) is 4.54. The van der Waals surface area contributed by atoms with E-state index in [0.717, 1.165) is 24.2 Å². The predicted molar refractivity (Wildman–Crippen MR) is 78.6 cm³/mol. The number of carboxylic acids is 1. The Bertz CT molecular complexity index is 505. The lowest BCUT2D eigenvalue weighted by molar-refractivity contribution is -0.136. The molecule has 2 aliphatic rings. The van der Waals surface area contributed by atoms with Crippen molar-refractivity contribution in [3.63, 3.8) is 0 Å². The molecule has 4 heteroatoms. The van der Waals surface area contributed by atoms with Crippen LogP contribution in [0, 0.1) is 0 Å². The molecule has 1 spiro atoms. The Morgan fingerprint density at radius 3 is 2.90 bits per heavy atom. The van der Waals surface area contributed by atoms with Crippen molar-refractivity contribution in [1.29, 1.82) is 0 Å². The van der Waals surface area contributed by atoms with Crippen LogP contribution >= 0.6 is 0 Å². The number of hydrogen-bond acceptors (Lipinski definition) is 3. The first kappa shape index (κ1) is 14.4. The molecule has 1 aromatic carbocycles. The Kier molecular flexibility index (Phi) is 4.15. The Hall–Kier alpha value is -1.55. The molecule has 0 amide bonds. The van der Waals surface area contributed by atoms with E-state index < -0.39 is 5.97 Å². The van der Waals surface area contributed by atoms with Gasteiger partial charge in [0, 0.05) is 0 Å². The lowest BCUT2D eigenvalue weighted by Crippen LogP contribution is -2.27. The number of carbonyl (C=O) groups is 1. The zero-order valence-electron chi connectivity index (χ0n) is 12.2. The summed E-state index contributed by atoms with van der Waals surface area (Å²) >= 11 is 0. The highest BCUT2D eigenvalue weighted by Crippen LogP contribution is 2.43. The van der Waals surface area contributed by atoms with Crippen LogP contribution < -0.4 is 4.74 Å². The molecule has 4 nitrogen and oxygen atoms in total. The minimum atomic E-state index is -0.825. The summed E-state index contributed by atoms with van der Waals surface area (Å²) in [6.45, 7) is 0.554. The van der Waals surface area contributed by atoms with Gasteiger partial charge in [-0.25, -0.2) is 0 Å². The summed E-state index contributed by atoms with van der Waals surface area (Å²) in [6.07, 6.45) is 7.37. The van der Waals surface area contributed by atoms with Gasteiger partial charge in [-0.1, -0.05) is 25.0 Å². The standard InChI is InChI=1S/C17H22O4/c18-16(19)11-13-4-3-5-14(10-13)20-12-15-6-9-17(21-15)7-1-2-8-17/h3-5,10,15H,1-2,6-9,11-12H2,(H,18,19). The summed E-state index contributed by atoms with van der Waals surface area (Å²) in [5, 5.41) is 8.82. The molecule has 1 atom stereocenters. The van der Waals surface area contributed by atoms with Gasteiger partial charge in [0.25, 0.3) is 0 Å². The topological polar surface area (TPSA) is 55.8 Å². The molecule has 1 aliphatic heterocycles. The van der Waals surface area contributed by atoms with Crippen LogP contribution in [0.2, 0.25) is 0 Å². The molecule has 0 radical (unpaired) electrons. The number of carboxylic acid groups (broad SMARTS) is 1. The first-order valence-electron chi connectivity index (χ1n) is 7.77. The van der Waals surface area contributed by atoms with E-state index in [1.54, 1.807) is 12.1 Å². The van der Waals surface area contributed by atoms with Gasteiger partial charge in [0.05, 0.1) is 18.1 Å². The van der Waals surface area contributed by atoms with Crippen LogP contribution in [0.15, 0.2) is 24.3 Å². The van der Waals surface area contributed by atoms with Gasteiger partial charge in [0.1, 0.15) is 12.4 Å². The molecule has 3 rings (SSSR count). The predicted octanol–water partition coefficient (Wildman–Crippen LogP) is 3.18. The molecule has 1 heterocycles. The van der Waals surface area contributed by atoms with E-state index in [2.05, 4.69) is 0 Å². The summed E-state index contributed by atoms with van der Waals surface area (Å²) in [6, 6.07) is 7.31. The minimum Gasteiger partial charge on any atom is -0.491 e. The van der Waals surface area contributed by atoms with Crippen LogP contribution in [0.1, 0.15) is 44.1 Å². The monoisotopic (exact) mass is 290 g/mol. The number of benzene rings is 1. The molecular formula is C17H22O4. The number of hydrogen-bond donors (Lipinski definition) is 1. The summed E-state index contributed by atoms with van der Waals surface area (Å²) in [4.78, 5) is 10.7. The van der Waals surface area contributed by atoms with E-state index >= 15 is 0 Å². The van der Waals surface area contributed by atoms with E-state index in [1.165, 1.54) is 25.7 Å². The molecule has 1 N–H and O–H groups in total. The first-order valence-corrected chi connectivity index (χ1v) is 7.77. The van der Waals surface area contributed by atoms with Crippen molar-refractivity contribution in [3.8, 4) is 5.75 Å². The largest absolute Gasteiger partial charge is 0.491 e. The van der Waals surface area contributed by atoms with Crippen molar-refractivity contribution >= 4 is 5.97 Å². The molecule has 0 bridgehead atoms. The molecule has 0 aromatic heterocycles. The van der Waals surface area contributed by atoms with Gasteiger partial charge in [-0.05, 0) is 43.4 Å². The van der Waals surface area contributed by atoms with E-state index in [-0.39, 0.29) is 18.1 Å². The number of ether oxygens (including phenoxy) is 2. The zero-order chi connectivity index (χ0) is 14.7. The van der Waals surface area contributed by atoms with Crippen LogP contribution in [0.25, 0.3) is 0 Å². The van der Waals surface area contributed by atoms with Crippen LogP contribution in [0.4, 0.5) is 0 Å². The minimum absolute atomic E-state index is 0.0280. The third kappa shape index (κ3) is 3.56. The highest BCUT2D eigenvalue weighted by Gasteiger charge is 2.42. The average molecular weight is 290 g/mol. The first-order chi connectivity index (χ1) is 10.2. The maximum atomic E-state index is 10.7. The summed E-state index contributed by atoms with van der Waals surface area (Å²) in [5.41, 5.74) is 0.902. The fraction of sp³-hybridized carbons (Fsp3) is 0.588. The summed E-state index contributed by atoms with van der Waals surface area (Å²) in [7, 11) is 0. The highest BCUT2D eigenvalue weighted by atomic mass is 16.6. The second-order valence-electron chi connectivity index (χ2n) is 6.20. The maximum absolute atomic E-state index is 10.7. The summed E-state index contributed by atoms with van der Waals surface area (Å²) < 4.78 is 12.0. The normalized spacial score (nSPS) is 23.5. The second kappa shape index (κ2) is 6.06. The Morgan fingerprint density at radius 1 is 1.33 bits per heavy atom. The molecular weight excluding hydrogens is 268 g/mol. The average Bonchev–Trinajstić information content (AvgIpc) is 3.07. The van der Waals surface area contributed by atoms with E-state index in [4.69, 9.17) is 14.6 Å². The smallest absolute Gasteiger partial charge is 0.307 e. The molecule has 1 unspecified atom stereocenters. The SMILES string of the molecule is O=C(O)Cc1cccc(OCC2CCC3(CCCC3)O2)c1. The fourth-order valence-corrected chi connectivity index (χ4v) is 3.51. The lowest BCUT2D eigenvalue weighted by atomic mass is 9.98. The van der Waals surface area contributed by atoms with Crippen LogP contribution in [0.3, 0.4) is 0 Å². The van der Waals surface area contributed by atoms with Gasteiger partial charge in [0.15, 0.2) is 0 Å². The molecule has 1 aromatic rings. The molecule has 1 aliphatic carbocycles. The van der Waals surface area contributed by atoms with Crippen molar-refractivity contribution < 1.29 is 19.4 Å². The van der Waals surface area contributed by atoms with Crippen molar-refractivity contribution in [3.05, 3.63) is 29.8 Å². The highest BCUT2D eigenvalue weighted by molar-refractivity contribution is 5.70. The number of aliphatic carboxylic acids is 1. The Morgan fingerprint density at radius 2 is 2.14 bits per heavy atom. The van der Waals surface area contributed by atoms with E-state index in [1.807, 2.05) is 12.1 Å². The Labute approximate surface area is 125 Å². The molecule has 21 heavy (non-hydrogen) atoms. The van der Waals surface area contributed by atoms with E-state index in [9.17, 15) is 4.79 Å². The molecule has 114 valence electrons. The number of rotatable bonds is 5. The van der Waals surface area contributed by atoms with Gasteiger partial charge in [-0.2, -0.15) is 0 Å². The third-order valence-corrected chi connectivity index (χ3v) is 4.54. The van der Waals surface area contributed by atoms with Gasteiger partial charge in [0.2, 0.25) is 0 Å². The zero-order valence-corrected chi connectivity index (χ0v) is 12.2. The molecule has 1 saturated carbocycles. The fourth-order valence-electron chi connectivity index (χ4n) is 3.51. The van der Waals surface area contributed by atoms with Crippen LogP contribution in [0.5, 0.6) is 5.75 Å². The van der Waals surface area contributed by atoms with Crippen molar-refractivity contribution in [2.75, 3.05) is 6.61 Å². The van der Waals surface area contributed by atoms with Gasteiger partial charge < -0.3 is 14.6 Å². The van der Waals surface area contributed by atoms with Crippen LogP contribution in [-0.2, 0) is 16.0 Å². The van der Waals surface area contributed by atoms with Crippen molar-refractivity contribution in [2.24, 2.45) is 0 Å². The molecule has 1 saturated heterocycles. The molecule has 2 fully saturated rings. The van der Waals surface area contributed by atoms with Gasteiger partial charge in [-0.15, -0.1) is 0 Å². The van der Waals surface area contributed by atoms with E-state index in [0.29, 0.717) is 6.61 Å². The van der Waals surface area contributed by atoms with Gasteiger partial charge >= 0.3 is 5.97 Å². The van der Waals surface area contributed by atoms with Crippen molar-refractivity contribution in [1.82, 2.24) is 0 Å². The summed E-state index contributed by atoms with van der Waals surface area (Å²) in [5.74, 6) is -0.0980. The van der Waals surface area contributed by atoms with Crippen molar-refractivity contribution in [2.45, 2.75) is 56.7 Å². The quantitative estimate of drug-likeness (QED) is 0.905. The maximum Gasteiger partial charge on any atom is 0.307 e. The Balaban J connectivity index is 1.52. The van der Waals surface area contributed by atoms with Crippen LogP contribution in [-0.4, -0.2) is 29.4 Å².